The maximum atomic E-state index is 14.8. The van der Waals surface area contributed by atoms with Gasteiger partial charge in [-0.2, -0.15) is 0 Å². The molecule has 0 unspecified atom stereocenters. The second-order valence-corrected chi connectivity index (χ2v) is 10.3. The maximum Gasteiger partial charge on any atom is 0.253 e. The summed E-state index contributed by atoms with van der Waals surface area (Å²) in [6, 6.07) is 15.9. The highest BCUT2D eigenvalue weighted by molar-refractivity contribution is 6.31. The Morgan fingerprint density at radius 3 is 2.58 bits per heavy atom. The summed E-state index contributed by atoms with van der Waals surface area (Å²) in [5, 5.41) is 3.58. The summed E-state index contributed by atoms with van der Waals surface area (Å²) < 4.78 is 29.6. The molecule has 2 aliphatic rings. The highest BCUT2D eigenvalue weighted by Crippen LogP contribution is 2.34. The van der Waals surface area contributed by atoms with E-state index >= 15 is 0 Å². The van der Waals surface area contributed by atoms with Gasteiger partial charge in [0.1, 0.15) is 11.6 Å². The zero-order valence-corrected chi connectivity index (χ0v) is 22.1. The summed E-state index contributed by atoms with van der Waals surface area (Å²) in [5.74, 6) is -1.15. The zero-order valence-electron chi connectivity index (χ0n) is 21.4. The summed E-state index contributed by atoms with van der Waals surface area (Å²) in [6.45, 7) is 1.39. The Kier molecular flexibility index (Phi) is 7.00. The van der Waals surface area contributed by atoms with E-state index in [1.54, 1.807) is 53.6 Å². The highest BCUT2D eigenvalue weighted by Gasteiger charge is 2.26. The van der Waals surface area contributed by atoms with E-state index in [2.05, 4.69) is 15.3 Å². The Morgan fingerprint density at radius 2 is 1.82 bits per heavy atom. The molecular weight excluding hydrogens is 534 g/mol. The van der Waals surface area contributed by atoms with Crippen LogP contribution in [0.15, 0.2) is 71.9 Å². The fraction of sp³-hybridized carbons (Fsp3) is 0.200. The number of hydrogen-bond acceptors (Lipinski definition) is 6. The molecule has 40 heavy (non-hydrogen) atoms. The van der Waals surface area contributed by atoms with E-state index in [4.69, 9.17) is 22.3 Å². The van der Waals surface area contributed by atoms with E-state index in [0.29, 0.717) is 57.7 Å². The Morgan fingerprint density at radius 1 is 1.05 bits per heavy atom. The molecule has 1 amide bonds. The Hall–Kier alpha value is -4.21. The number of likely N-dealkylation sites (tertiary alicyclic amines) is 1. The van der Waals surface area contributed by atoms with Crippen molar-refractivity contribution in [1.29, 1.82) is 0 Å². The number of hydrogen-bond donors (Lipinski definition) is 2. The molecule has 0 bridgehead atoms. The maximum absolute atomic E-state index is 14.8. The van der Waals surface area contributed by atoms with E-state index in [0.717, 1.165) is 12.8 Å². The monoisotopic (exact) mass is 558 g/mol. The molecule has 3 heterocycles. The lowest BCUT2D eigenvalue weighted by Crippen LogP contribution is -2.45. The standard InChI is InChI=1S/C30H25ClF2N6O/c31-19-8-11-22-23(13-19)28(26-24(32)4-1-5-25(26)33)35-14-18-15-36-30(38-27(18)22)37-21-9-6-17(7-10-21)29(40)39-12-2-3-20(34)16-39/h1,4-11,13,15,20H,2-3,12,14,16,34H2,(H,36,37,38)/t20-/m0/s1. The number of fused-ring (bicyclic) bond motifs is 3. The van der Waals surface area contributed by atoms with Crippen LogP contribution in [-0.2, 0) is 6.54 Å². The van der Waals surface area contributed by atoms with E-state index in [9.17, 15) is 13.6 Å². The quantitative estimate of drug-likeness (QED) is 0.333. The third-order valence-electron chi connectivity index (χ3n) is 7.10. The van der Waals surface area contributed by atoms with Crippen LogP contribution in [0.3, 0.4) is 0 Å². The molecule has 0 saturated carbocycles. The molecule has 0 radical (unpaired) electrons. The summed E-state index contributed by atoms with van der Waals surface area (Å²) in [4.78, 5) is 28.4. The summed E-state index contributed by atoms with van der Waals surface area (Å²) in [7, 11) is 0. The van der Waals surface area contributed by atoms with Crippen LogP contribution in [0.5, 0.6) is 0 Å². The van der Waals surface area contributed by atoms with Crippen molar-refractivity contribution >= 4 is 34.9 Å². The SMILES string of the molecule is N[C@H]1CCCN(C(=O)c2ccc(Nc3ncc4c(n3)-c3ccc(Cl)cc3C(c3c(F)cccc3F)=NC4)cc2)C1. The summed E-state index contributed by atoms with van der Waals surface area (Å²) >= 11 is 6.30. The van der Waals surface area contributed by atoms with Gasteiger partial charge in [0, 0.05) is 58.3 Å². The average molecular weight is 559 g/mol. The van der Waals surface area contributed by atoms with Crippen LogP contribution < -0.4 is 11.1 Å². The number of halogens is 3. The second-order valence-electron chi connectivity index (χ2n) is 9.87. The zero-order chi connectivity index (χ0) is 27.8. The lowest BCUT2D eigenvalue weighted by Gasteiger charge is -2.30. The molecule has 1 saturated heterocycles. The third-order valence-corrected chi connectivity index (χ3v) is 7.33. The number of piperidine rings is 1. The number of rotatable bonds is 4. The van der Waals surface area contributed by atoms with Gasteiger partial charge in [-0.25, -0.2) is 18.7 Å². The number of aromatic nitrogens is 2. The normalized spacial score (nSPS) is 16.4. The molecule has 1 atom stereocenters. The van der Waals surface area contributed by atoms with Gasteiger partial charge in [-0.05, 0) is 61.4 Å². The van der Waals surface area contributed by atoms with Gasteiger partial charge in [0.25, 0.3) is 5.91 Å². The number of carbonyl (C=O) groups is 1. The molecule has 1 aromatic heterocycles. The van der Waals surface area contributed by atoms with Gasteiger partial charge < -0.3 is 16.0 Å². The molecular formula is C30H25ClF2N6O. The lowest BCUT2D eigenvalue weighted by atomic mass is 9.95. The molecule has 6 rings (SSSR count). The van der Waals surface area contributed by atoms with Gasteiger partial charge in [-0.3, -0.25) is 9.79 Å². The van der Waals surface area contributed by atoms with Crippen LogP contribution >= 0.6 is 11.6 Å². The van der Waals surface area contributed by atoms with Crippen LogP contribution in [0, 0.1) is 11.6 Å². The van der Waals surface area contributed by atoms with Crippen LogP contribution in [0.4, 0.5) is 20.4 Å². The fourth-order valence-corrected chi connectivity index (χ4v) is 5.30. The number of amides is 1. The molecule has 0 aliphatic carbocycles. The second kappa shape index (κ2) is 10.7. The van der Waals surface area contributed by atoms with Crippen molar-refractivity contribution in [1.82, 2.24) is 14.9 Å². The van der Waals surface area contributed by atoms with Crippen molar-refractivity contribution in [2.24, 2.45) is 10.7 Å². The van der Waals surface area contributed by atoms with Gasteiger partial charge in [0.2, 0.25) is 5.95 Å². The van der Waals surface area contributed by atoms with E-state index in [1.165, 1.54) is 18.2 Å². The van der Waals surface area contributed by atoms with Gasteiger partial charge in [0.05, 0.1) is 23.5 Å². The minimum Gasteiger partial charge on any atom is -0.337 e. The predicted molar refractivity (Wildman–Crippen MR) is 151 cm³/mol. The minimum atomic E-state index is -0.714. The first kappa shape index (κ1) is 26.0. The largest absolute Gasteiger partial charge is 0.337 e. The minimum absolute atomic E-state index is 0.0115. The number of anilines is 2. The van der Waals surface area contributed by atoms with Gasteiger partial charge in [0.15, 0.2) is 0 Å². The molecule has 202 valence electrons. The molecule has 0 spiro atoms. The van der Waals surface area contributed by atoms with Crippen LogP contribution in [-0.4, -0.2) is 45.6 Å². The first-order chi connectivity index (χ1) is 19.4. The fourth-order valence-electron chi connectivity index (χ4n) is 5.12. The van der Waals surface area contributed by atoms with Gasteiger partial charge in [-0.1, -0.05) is 23.7 Å². The Balaban J connectivity index is 1.30. The molecule has 4 aromatic rings. The summed E-state index contributed by atoms with van der Waals surface area (Å²) in [5.41, 5.74) is 9.63. The average Bonchev–Trinajstić information content (AvgIpc) is 3.10. The lowest BCUT2D eigenvalue weighted by molar-refractivity contribution is 0.0709. The molecule has 1 fully saturated rings. The number of nitrogens with zero attached hydrogens (tertiary/aromatic N) is 4. The van der Waals surface area contributed by atoms with Crippen LogP contribution in [0.25, 0.3) is 11.3 Å². The number of nitrogens with one attached hydrogen (secondary N) is 1. The molecule has 10 heteroatoms. The van der Waals surface area contributed by atoms with Crippen molar-refractivity contribution < 1.29 is 13.6 Å². The Bertz CT molecular complexity index is 1620. The Labute approximate surface area is 234 Å². The van der Waals surface area contributed by atoms with E-state index in [1.807, 2.05) is 0 Å². The smallest absolute Gasteiger partial charge is 0.253 e. The number of nitrogens with two attached hydrogens (primary N) is 1. The third kappa shape index (κ3) is 5.05. The van der Waals surface area contributed by atoms with E-state index < -0.39 is 11.6 Å². The van der Waals surface area contributed by atoms with Crippen LogP contribution in [0.1, 0.15) is 39.9 Å². The molecule has 2 aliphatic heterocycles. The van der Waals surface area contributed by atoms with Gasteiger partial charge >= 0.3 is 0 Å². The number of carbonyl (C=O) groups excluding carboxylic acids is 1. The van der Waals surface area contributed by atoms with Crippen molar-refractivity contribution in [3.8, 4) is 11.3 Å². The highest BCUT2D eigenvalue weighted by atomic mass is 35.5. The van der Waals surface area contributed by atoms with Crippen molar-refractivity contribution in [2.75, 3.05) is 18.4 Å². The van der Waals surface area contributed by atoms with Gasteiger partial charge in [-0.15, -0.1) is 0 Å². The molecule has 3 N–H and O–H groups in total. The number of aliphatic imine (C=N–C) groups is 1. The van der Waals surface area contributed by atoms with Crippen molar-refractivity contribution in [3.63, 3.8) is 0 Å². The number of benzene rings is 3. The topological polar surface area (TPSA) is 96.5 Å². The predicted octanol–water partition coefficient (Wildman–Crippen LogP) is 5.73. The first-order valence-corrected chi connectivity index (χ1v) is 13.3. The summed E-state index contributed by atoms with van der Waals surface area (Å²) in [6.07, 6.45) is 3.47. The van der Waals surface area contributed by atoms with E-state index in [-0.39, 0.29) is 29.8 Å². The van der Waals surface area contributed by atoms with Crippen LogP contribution in [0.2, 0.25) is 5.02 Å². The van der Waals surface area contributed by atoms with Crippen molar-refractivity contribution in [2.45, 2.75) is 25.4 Å². The molecule has 7 nitrogen and oxygen atoms in total. The van der Waals surface area contributed by atoms with Crippen molar-refractivity contribution in [3.05, 3.63) is 106 Å². The first-order valence-electron chi connectivity index (χ1n) is 12.9. The molecule has 3 aromatic carbocycles.